The first kappa shape index (κ1) is 14.9. The summed E-state index contributed by atoms with van der Waals surface area (Å²) in [6.45, 7) is 9.31. The fraction of sp³-hybridized carbons (Fsp3) is 0.667. The molecule has 0 bridgehead atoms. The minimum Gasteiger partial charge on any atom is -0.339 e. The summed E-state index contributed by atoms with van der Waals surface area (Å²) in [5, 5.41) is 3.37. The van der Waals surface area contributed by atoms with E-state index in [0.717, 1.165) is 37.4 Å². The maximum absolute atomic E-state index is 12.3. The lowest BCUT2D eigenvalue weighted by Crippen LogP contribution is -2.32. The number of rotatable bonds is 4. The van der Waals surface area contributed by atoms with Crippen LogP contribution in [0.1, 0.15) is 54.5 Å². The highest BCUT2D eigenvalue weighted by Crippen LogP contribution is 2.21. The van der Waals surface area contributed by atoms with E-state index in [1.165, 1.54) is 0 Å². The van der Waals surface area contributed by atoms with E-state index in [4.69, 9.17) is 0 Å². The molecule has 0 spiro atoms. The normalized spacial score (nSPS) is 18.9. The molecule has 1 fully saturated rings. The van der Waals surface area contributed by atoms with Crippen molar-refractivity contribution >= 4 is 5.91 Å². The van der Waals surface area contributed by atoms with Gasteiger partial charge in [0.1, 0.15) is 5.82 Å². The van der Waals surface area contributed by atoms with Crippen molar-refractivity contribution in [1.29, 1.82) is 0 Å². The van der Waals surface area contributed by atoms with Gasteiger partial charge in [0.25, 0.3) is 5.91 Å². The number of hydrogen-bond acceptors (Lipinski definition) is 4. The molecule has 0 unspecified atom stereocenters. The molecule has 1 aliphatic heterocycles. The molecule has 20 heavy (non-hydrogen) atoms. The summed E-state index contributed by atoms with van der Waals surface area (Å²) < 4.78 is 0. The van der Waals surface area contributed by atoms with Crippen molar-refractivity contribution in [3.8, 4) is 0 Å². The average Bonchev–Trinajstić information content (AvgIpc) is 2.49. The third-order valence-electron chi connectivity index (χ3n) is 3.94. The summed E-state index contributed by atoms with van der Waals surface area (Å²) in [5.41, 5.74) is 1.42. The molecule has 2 rings (SSSR count). The molecule has 1 amide bonds. The largest absolute Gasteiger partial charge is 0.339 e. The number of amides is 1. The van der Waals surface area contributed by atoms with Crippen LogP contribution in [-0.4, -0.2) is 47.0 Å². The molecule has 0 aromatic carbocycles. The molecule has 1 aromatic heterocycles. The number of piperidine rings is 1. The third kappa shape index (κ3) is 3.15. The molecule has 1 atom stereocenters. The van der Waals surface area contributed by atoms with Gasteiger partial charge in [0.15, 0.2) is 0 Å². The highest BCUT2D eigenvalue weighted by Gasteiger charge is 2.21. The second kappa shape index (κ2) is 6.79. The summed E-state index contributed by atoms with van der Waals surface area (Å²) in [6.07, 6.45) is 3.98. The fourth-order valence-corrected chi connectivity index (χ4v) is 2.65. The number of carbonyl (C=O) groups excluding carboxylic acids is 1. The quantitative estimate of drug-likeness (QED) is 0.910. The zero-order valence-electron chi connectivity index (χ0n) is 12.6. The van der Waals surface area contributed by atoms with Crippen molar-refractivity contribution in [2.45, 2.75) is 39.5 Å². The fourth-order valence-electron chi connectivity index (χ4n) is 2.65. The van der Waals surface area contributed by atoms with Crippen LogP contribution in [0.15, 0.2) is 6.20 Å². The minimum absolute atomic E-state index is 0.0285. The summed E-state index contributed by atoms with van der Waals surface area (Å²) >= 11 is 0. The Hall–Kier alpha value is -1.49. The molecular formula is C15H24N4O. The van der Waals surface area contributed by atoms with Gasteiger partial charge >= 0.3 is 0 Å². The molecule has 0 saturated carbocycles. The lowest BCUT2D eigenvalue weighted by atomic mass is 9.98. The molecule has 1 aromatic rings. The Bertz CT molecular complexity index is 465. The van der Waals surface area contributed by atoms with Crippen LogP contribution in [0.5, 0.6) is 0 Å². The summed E-state index contributed by atoms with van der Waals surface area (Å²) in [5.74, 6) is 1.27. The van der Waals surface area contributed by atoms with Gasteiger partial charge in [-0.3, -0.25) is 4.79 Å². The highest BCUT2D eigenvalue weighted by molar-refractivity contribution is 5.94. The zero-order chi connectivity index (χ0) is 14.5. The highest BCUT2D eigenvalue weighted by atomic mass is 16.2. The smallest absolute Gasteiger partial charge is 0.257 e. The van der Waals surface area contributed by atoms with E-state index in [1.54, 1.807) is 11.1 Å². The zero-order valence-corrected chi connectivity index (χ0v) is 12.6. The molecule has 1 saturated heterocycles. The van der Waals surface area contributed by atoms with E-state index in [2.05, 4.69) is 15.3 Å². The van der Waals surface area contributed by atoms with Crippen molar-refractivity contribution in [2.24, 2.45) is 0 Å². The van der Waals surface area contributed by atoms with Crippen molar-refractivity contribution in [3.05, 3.63) is 23.3 Å². The van der Waals surface area contributed by atoms with Gasteiger partial charge in [-0.15, -0.1) is 0 Å². The minimum atomic E-state index is 0.0285. The monoisotopic (exact) mass is 276 g/mol. The van der Waals surface area contributed by atoms with Crippen molar-refractivity contribution in [2.75, 3.05) is 26.2 Å². The van der Waals surface area contributed by atoms with E-state index in [1.807, 2.05) is 20.8 Å². The molecule has 5 nitrogen and oxygen atoms in total. The number of carbonyl (C=O) groups is 1. The van der Waals surface area contributed by atoms with E-state index in [-0.39, 0.29) is 5.91 Å². The van der Waals surface area contributed by atoms with Crippen LogP contribution in [0.3, 0.4) is 0 Å². The maximum atomic E-state index is 12.3. The van der Waals surface area contributed by atoms with E-state index < -0.39 is 0 Å². The predicted molar refractivity (Wildman–Crippen MR) is 78.9 cm³/mol. The van der Waals surface area contributed by atoms with Crippen LogP contribution < -0.4 is 5.32 Å². The Kier molecular flexibility index (Phi) is 5.06. The van der Waals surface area contributed by atoms with Gasteiger partial charge in [0, 0.05) is 31.7 Å². The molecule has 5 heteroatoms. The lowest BCUT2D eigenvalue weighted by Gasteiger charge is -2.23. The number of hydrogen-bond donors (Lipinski definition) is 1. The standard InChI is InChI=1S/C15H24N4O/c1-4-19(5-2)15(20)13-10-17-14(18-11(13)3)12-7-6-8-16-9-12/h10,12,16H,4-9H2,1-3H3/t12-/m1/s1. The van der Waals surface area contributed by atoms with Gasteiger partial charge in [0.05, 0.1) is 11.3 Å². The molecular weight excluding hydrogens is 252 g/mol. The van der Waals surface area contributed by atoms with Crippen LogP contribution in [0.4, 0.5) is 0 Å². The Balaban J connectivity index is 2.18. The number of aryl methyl sites for hydroxylation is 1. The Morgan fingerprint density at radius 3 is 2.75 bits per heavy atom. The van der Waals surface area contributed by atoms with Gasteiger partial charge in [-0.05, 0) is 40.2 Å². The van der Waals surface area contributed by atoms with Crippen LogP contribution in [0.2, 0.25) is 0 Å². The van der Waals surface area contributed by atoms with Gasteiger partial charge in [-0.25, -0.2) is 9.97 Å². The molecule has 2 heterocycles. The van der Waals surface area contributed by atoms with Crippen LogP contribution in [-0.2, 0) is 0 Å². The lowest BCUT2D eigenvalue weighted by molar-refractivity contribution is 0.0771. The van der Waals surface area contributed by atoms with Gasteiger partial charge < -0.3 is 10.2 Å². The molecule has 0 radical (unpaired) electrons. The molecule has 1 N–H and O–H groups in total. The van der Waals surface area contributed by atoms with Crippen LogP contribution in [0.25, 0.3) is 0 Å². The topological polar surface area (TPSA) is 58.1 Å². The number of nitrogens with one attached hydrogen (secondary N) is 1. The van der Waals surface area contributed by atoms with E-state index in [9.17, 15) is 4.79 Å². The summed E-state index contributed by atoms with van der Waals surface area (Å²) in [4.78, 5) is 23.2. The van der Waals surface area contributed by atoms with Gasteiger partial charge in [-0.2, -0.15) is 0 Å². The Morgan fingerprint density at radius 2 is 2.20 bits per heavy atom. The van der Waals surface area contributed by atoms with Crippen LogP contribution in [0, 0.1) is 6.92 Å². The van der Waals surface area contributed by atoms with E-state index >= 15 is 0 Å². The summed E-state index contributed by atoms with van der Waals surface area (Å²) in [6, 6.07) is 0. The van der Waals surface area contributed by atoms with Gasteiger partial charge in [0.2, 0.25) is 0 Å². The number of aromatic nitrogens is 2. The second-order valence-corrected chi connectivity index (χ2v) is 5.25. The van der Waals surface area contributed by atoms with Crippen molar-refractivity contribution in [3.63, 3.8) is 0 Å². The van der Waals surface area contributed by atoms with Crippen molar-refractivity contribution in [1.82, 2.24) is 20.2 Å². The Morgan fingerprint density at radius 1 is 1.45 bits per heavy atom. The first-order chi connectivity index (χ1) is 9.67. The first-order valence-corrected chi connectivity index (χ1v) is 7.50. The second-order valence-electron chi connectivity index (χ2n) is 5.25. The third-order valence-corrected chi connectivity index (χ3v) is 3.94. The Labute approximate surface area is 120 Å². The summed E-state index contributed by atoms with van der Waals surface area (Å²) in [7, 11) is 0. The molecule has 110 valence electrons. The number of nitrogens with zero attached hydrogens (tertiary/aromatic N) is 3. The molecule has 1 aliphatic rings. The predicted octanol–water partition coefficient (Wildman–Crippen LogP) is 1.73. The van der Waals surface area contributed by atoms with Crippen molar-refractivity contribution < 1.29 is 4.79 Å². The SMILES string of the molecule is CCN(CC)C(=O)c1cnc([C@@H]2CCCNC2)nc1C. The first-order valence-electron chi connectivity index (χ1n) is 7.50. The van der Waals surface area contributed by atoms with Crippen LogP contribution >= 0.6 is 0 Å². The maximum Gasteiger partial charge on any atom is 0.257 e. The molecule has 0 aliphatic carbocycles. The van der Waals surface area contributed by atoms with Gasteiger partial charge in [-0.1, -0.05) is 0 Å². The average molecular weight is 276 g/mol. The van der Waals surface area contributed by atoms with E-state index in [0.29, 0.717) is 24.6 Å².